The number of benzene rings is 2. The van der Waals surface area contributed by atoms with Crippen molar-refractivity contribution in [2.24, 2.45) is 0 Å². The Morgan fingerprint density at radius 1 is 1.03 bits per heavy atom. The van der Waals surface area contributed by atoms with Crippen LogP contribution in [0.2, 0.25) is 0 Å². The van der Waals surface area contributed by atoms with Gasteiger partial charge in [-0.3, -0.25) is 10.1 Å². The van der Waals surface area contributed by atoms with Crippen molar-refractivity contribution >= 4 is 27.2 Å². The Balaban J connectivity index is 1.89. The maximum Gasteiger partial charge on any atom is 0.373 e. The molecule has 0 spiro atoms. The van der Waals surface area contributed by atoms with E-state index in [1.54, 1.807) is 44.2 Å². The van der Waals surface area contributed by atoms with Crippen molar-refractivity contribution in [1.82, 2.24) is 14.3 Å². The molecule has 31 heavy (non-hydrogen) atoms. The molecule has 2 aromatic carbocycles. The van der Waals surface area contributed by atoms with E-state index in [1.807, 2.05) is 0 Å². The molecule has 1 N–H and O–H groups in total. The maximum absolute atomic E-state index is 12.6. The van der Waals surface area contributed by atoms with Crippen LogP contribution in [0.4, 0.5) is 17.2 Å². The Labute approximate surface area is 179 Å². The number of hydrogen-bond acceptors (Lipinski definition) is 8. The molecule has 0 bridgehead atoms. The fourth-order valence-corrected chi connectivity index (χ4v) is 4.31. The lowest BCUT2D eigenvalue weighted by molar-refractivity contribution is -0.385. The summed E-state index contributed by atoms with van der Waals surface area (Å²) in [4.78, 5) is 19.0. The Bertz CT molecular complexity index is 1150. The Kier molecular flexibility index (Phi) is 6.78. The summed E-state index contributed by atoms with van der Waals surface area (Å²) >= 11 is 0. The lowest BCUT2D eigenvalue weighted by atomic mass is 10.3. The van der Waals surface area contributed by atoms with E-state index < -0.39 is 20.6 Å². The molecule has 0 saturated carbocycles. The van der Waals surface area contributed by atoms with Crippen LogP contribution in [0.15, 0.2) is 65.8 Å². The average molecular weight is 443 g/mol. The van der Waals surface area contributed by atoms with E-state index in [-0.39, 0.29) is 16.6 Å². The number of sulfonamides is 1. The first-order valence-corrected chi connectivity index (χ1v) is 10.9. The summed E-state index contributed by atoms with van der Waals surface area (Å²) in [6, 6.07) is 14.4. The highest BCUT2D eigenvalue weighted by Gasteiger charge is 2.26. The van der Waals surface area contributed by atoms with Gasteiger partial charge in [0.25, 0.3) is 0 Å². The normalized spacial score (nSPS) is 11.3. The van der Waals surface area contributed by atoms with Crippen molar-refractivity contribution in [3.8, 4) is 11.6 Å². The van der Waals surface area contributed by atoms with Gasteiger partial charge in [0.05, 0.1) is 9.82 Å². The number of anilines is 2. The quantitative estimate of drug-likeness (QED) is 0.389. The standard InChI is InChI=1S/C20H21N5O5S/c1-3-24(4-2)31(28,29)17-12-10-15(11-13-17)23-19-18(25(26)27)20(22-14-21-19)30-16-8-6-5-7-9-16/h5-14H,3-4H2,1-2H3,(H,21,22,23). The Morgan fingerprint density at radius 2 is 1.68 bits per heavy atom. The van der Waals surface area contributed by atoms with Gasteiger partial charge in [-0.1, -0.05) is 32.0 Å². The summed E-state index contributed by atoms with van der Waals surface area (Å²) in [7, 11) is -3.60. The molecule has 0 atom stereocenters. The second-order valence-electron chi connectivity index (χ2n) is 6.29. The van der Waals surface area contributed by atoms with E-state index in [2.05, 4.69) is 15.3 Å². The number of aromatic nitrogens is 2. The van der Waals surface area contributed by atoms with Gasteiger partial charge >= 0.3 is 11.6 Å². The number of ether oxygens (including phenoxy) is 1. The number of nitrogens with zero attached hydrogens (tertiary/aromatic N) is 4. The first kappa shape index (κ1) is 22.1. The van der Waals surface area contributed by atoms with E-state index in [9.17, 15) is 18.5 Å². The number of rotatable bonds is 9. The molecule has 0 saturated heterocycles. The summed E-state index contributed by atoms with van der Waals surface area (Å²) in [6.45, 7) is 4.24. The third-order valence-electron chi connectivity index (χ3n) is 4.39. The summed E-state index contributed by atoms with van der Waals surface area (Å²) in [5, 5.41) is 14.5. The van der Waals surface area contributed by atoms with Gasteiger partial charge in [0.1, 0.15) is 12.1 Å². The Hall–Kier alpha value is -3.57. The highest BCUT2D eigenvalue weighted by atomic mass is 32.2. The predicted molar refractivity (Wildman–Crippen MR) is 115 cm³/mol. The van der Waals surface area contributed by atoms with Crippen LogP contribution in [0.3, 0.4) is 0 Å². The molecule has 1 aromatic heterocycles. The smallest absolute Gasteiger partial charge is 0.373 e. The van der Waals surface area contributed by atoms with Crippen molar-refractivity contribution in [2.45, 2.75) is 18.7 Å². The highest BCUT2D eigenvalue weighted by molar-refractivity contribution is 7.89. The van der Waals surface area contributed by atoms with E-state index in [4.69, 9.17) is 4.74 Å². The third kappa shape index (κ3) is 4.95. The molecule has 3 aromatic rings. The molecule has 11 heteroatoms. The third-order valence-corrected chi connectivity index (χ3v) is 6.45. The number of para-hydroxylation sites is 1. The second-order valence-corrected chi connectivity index (χ2v) is 8.22. The monoisotopic (exact) mass is 443 g/mol. The van der Waals surface area contributed by atoms with Gasteiger partial charge in [-0.05, 0) is 36.4 Å². The number of nitro groups is 1. The molecule has 0 amide bonds. The summed E-state index contributed by atoms with van der Waals surface area (Å²) in [6.07, 6.45) is 1.15. The van der Waals surface area contributed by atoms with E-state index in [1.165, 1.54) is 28.6 Å². The molecular formula is C20H21N5O5S. The summed E-state index contributed by atoms with van der Waals surface area (Å²) in [5.41, 5.74) is -0.0165. The van der Waals surface area contributed by atoms with Gasteiger partial charge in [-0.2, -0.15) is 9.29 Å². The summed E-state index contributed by atoms with van der Waals surface area (Å²) in [5.74, 6) is 0.0981. The van der Waals surface area contributed by atoms with E-state index >= 15 is 0 Å². The van der Waals surface area contributed by atoms with Crippen molar-refractivity contribution < 1.29 is 18.1 Å². The van der Waals surface area contributed by atoms with Gasteiger partial charge in [-0.25, -0.2) is 13.4 Å². The molecule has 3 rings (SSSR count). The van der Waals surface area contributed by atoms with Crippen LogP contribution in [-0.2, 0) is 10.0 Å². The van der Waals surface area contributed by atoms with Crippen LogP contribution < -0.4 is 10.1 Å². The number of hydrogen-bond donors (Lipinski definition) is 1. The summed E-state index contributed by atoms with van der Waals surface area (Å²) < 4.78 is 32.1. The van der Waals surface area contributed by atoms with Gasteiger partial charge in [-0.15, -0.1) is 0 Å². The molecule has 0 aliphatic rings. The molecule has 0 aliphatic heterocycles. The predicted octanol–water partition coefficient (Wildman–Crippen LogP) is 3.95. The minimum Gasteiger partial charge on any atom is -0.434 e. The molecule has 0 unspecified atom stereocenters. The van der Waals surface area contributed by atoms with Crippen LogP contribution in [0.5, 0.6) is 11.6 Å². The SMILES string of the molecule is CCN(CC)S(=O)(=O)c1ccc(Nc2ncnc(Oc3ccccc3)c2[N+](=O)[O-])cc1. The Morgan fingerprint density at radius 3 is 2.26 bits per heavy atom. The molecule has 162 valence electrons. The van der Waals surface area contributed by atoms with Crippen molar-refractivity contribution in [2.75, 3.05) is 18.4 Å². The van der Waals surface area contributed by atoms with E-state index in [0.717, 1.165) is 6.33 Å². The van der Waals surface area contributed by atoms with Gasteiger partial charge in [0.15, 0.2) is 0 Å². The van der Waals surface area contributed by atoms with Crippen LogP contribution in [0, 0.1) is 10.1 Å². The fourth-order valence-electron chi connectivity index (χ4n) is 2.85. The van der Waals surface area contributed by atoms with Gasteiger partial charge in [0.2, 0.25) is 15.8 Å². The van der Waals surface area contributed by atoms with Crippen molar-refractivity contribution in [1.29, 1.82) is 0 Å². The molecular weight excluding hydrogens is 422 g/mol. The largest absolute Gasteiger partial charge is 0.434 e. The fraction of sp³-hybridized carbons (Fsp3) is 0.200. The average Bonchev–Trinajstić information content (AvgIpc) is 2.75. The van der Waals surface area contributed by atoms with Gasteiger partial charge < -0.3 is 10.1 Å². The zero-order chi connectivity index (χ0) is 22.4. The molecule has 0 radical (unpaired) electrons. The second kappa shape index (κ2) is 9.49. The van der Waals surface area contributed by atoms with Crippen LogP contribution in [0.25, 0.3) is 0 Å². The van der Waals surface area contributed by atoms with Crippen molar-refractivity contribution in [3.63, 3.8) is 0 Å². The molecule has 0 aliphatic carbocycles. The van der Waals surface area contributed by atoms with E-state index in [0.29, 0.717) is 24.5 Å². The number of nitrogens with one attached hydrogen (secondary N) is 1. The zero-order valence-corrected chi connectivity index (χ0v) is 17.7. The zero-order valence-electron chi connectivity index (χ0n) is 16.9. The van der Waals surface area contributed by atoms with Gasteiger partial charge in [0, 0.05) is 18.8 Å². The molecule has 10 nitrogen and oxygen atoms in total. The van der Waals surface area contributed by atoms with Crippen LogP contribution >= 0.6 is 0 Å². The molecule has 1 heterocycles. The first-order valence-electron chi connectivity index (χ1n) is 9.46. The van der Waals surface area contributed by atoms with Crippen molar-refractivity contribution in [3.05, 3.63) is 71.0 Å². The van der Waals surface area contributed by atoms with Crippen LogP contribution in [-0.4, -0.2) is 40.7 Å². The maximum atomic E-state index is 12.6. The topological polar surface area (TPSA) is 128 Å². The minimum absolute atomic E-state index is 0.0784. The lowest BCUT2D eigenvalue weighted by Crippen LogP contribution is -2.30. The highest BCUT2D eigenvalue weighted by Crippen LogP contribution is 2.35. The molecule has 0 fully saturated rings. The lowest BCUT2D eigenvalue weighted by Gasteiger charge is -2.18. The first-order chi connectivity index (χ1) is 14.9. The van der Waals surface area contributed by atoms with Crippen LogP contribution in [0.1, 0.15) is 13.8 Å². The minimum atomic E-state index is -3.60.